The summed E-state index contributed by atoms with van der Waals surface area (Å²) < 4.78 is 5.32. The first-order valence-corrected chi connectivity index (χ1v) is 7.34. The fourth-order valence-electron chi connectivity index (χ4n) is 2.08. The van der Waals surface area contributed by atoms with Gasteiger partial charge in [0.15, 0.2) is 0 Å². The van der Waals surface area contributed by atoms with Crippen molar-refractivity contribution in [3.8, 4) is 5.75 Å². The Morgan fingerprint density at radius 1 is 1.19 bits per heavy atom. The van der Waals surface area contributed by atoms with Gasteiger partial charge in [-0.3, -0.25) is 0 Å². The monoisotopic (exact) mass is 356 g/mol. The molecule has 124 valence electrons. The van der Waals surface area contributed by atoms with Crippen LogP contribution in [0.3, 0.4) is 0 Å². The van der Waals surface area contributed by atoms with Crippen LogP contribution >= 0.6 is 36.4 Å². The molecular formula is C15H27Cl3N2O. The van der Waals surface area contributed by atoms with Crippen LogP contribution in [-0.2, 0) is 6.54 Å². The standard InChI is InChI=1S/C15H25ClN2O.2ClH/c1-4-18(5-2)10-6-9-17-12-13-11-14(16)7-8-15(13)19-3;;/h7-8,11,17H,4-6,9-10,12H2,1-3H3;2*1H. The Morgan fingerprint density at radius 2 is 1.86 bits per heavy atom. The summed E-state index contributed by atoms with van der Waals surface area (Å²) in [6, 6.07) is 5.72. The normalized spacial score (nSPS) is 9.95. The first-order valence-electron chi connectivity index (χ1n) is 6.96. The average molecular weight is 358 g/mol. The molecule has 0 radical (unpaired) electrons. The smallest absolute Gasteiger partial charge is 0.123 e. The van der Waals surface area contributed by atoms with E-state index in [0.717, 1.165) is 55.5 Å². The van der Waals surface area contributed by atoms with Crippen LogP contribution in [0.5, 0.6) is 5.75 Å². The van der Waals surface area contributed by atoms with E-state index < -0.39 is 0 Å². The summed E-state index contributed by atoms with van der Waals surface area (Å²) in [6.45, 7) is 9.60. The molecule has 0 aromatic heterocycles. The van der Waals surface area contributed by atoms with Gasteiger partial charge in [0.1, 0.15) is 5.75 Å². The van der Waals surface area contributed by atoms with Crippen molar-refractivity contribution in [3.63, 3.8) is 0 Å². The molecule has 0 bridgehead atoms. The van der Waals surface area contributed by atoms with E-state index in [9.17, 15) is 0 Å². The highest BCUT2D eigenvalue weighted by atomic mass is 35.5. The molecule has 0 aliphatic carbocycles. The maximum absolute atomic E-state index is 6.00. The Morgan fingerprint density at radius 3 is 2.43 bits per heavy atom. The topological polar surface area (TPSA) is 24.5 Å². The fraction of sp³-hybridized carbons (Fsp3) is 0.600. The highest BCUT2D eigenvalue weighted by Crippen LogP contribution is 2.22. The summed E-state index contributed by atoms with van der Waals surface area (Å²) in [5.41, 5.74) is 1.11. The molecule has 0 saturated carbocycles. The number of ether oxygens (including phenoxy) is 1. The lowest BCUT2D eigenvalue weighted by Crippen LogP contribution is -2.27. The molecule has 1 aromatic rings. The molecule has 0 saturated heterocycles. The number of nitrogens with zero attached hydrogens (tertiary/aromatic N) is 1. The predicted molar refractivity (Wildman–Crippen MR) is 96.6 cm³/mol. The molecule has 0 aliphatic heterocycles. The van der Waals surface area contributed by atoms with Gasteiger partial charge in [0.05, 0.1) is 7.11 Å². The van der Waals surface area contributed by atoms with Crippen LogP contribution in [0.25, 0.3) is 0 Å². The third-order valence-electron chi connectivity index (χ3n) is 3.28. The van der Waals surface area contributed by atoms with Crippen LogP contribution in [0.1, 0.15) is 25.8 Å². The van der Waals surface area contributed by atoms with Crippen LogP contribution in [-0.4, -0.2) is 38.2 Å². The summed E-state index contributed by atoms with van der Waals surface area (Å²) in [5, 5.41) is 4.19. The molecule has 0 amide bonds. The minimum absolute atomic E-state index is 0. The van der Waals surface area contributed by atoms with E-state index in [1.54, 1.807) is 7.11 Å². The van der Waals surface area contributed by atoms with Gasteiger partial charge >= 0.3 is 0 Å². The van der Waals surface area contributed by atoms with Gasteiger partial charge in [-0.05, 0) is 50.8 Å². The van der Waals surface area contributed by atoms with Gasteiger partial charge in [0.25, 0.3) is 0 Å². The van der Waals surface area contributed by atoms with Crippen LogP contribution in [0.4, 0.5) is 0 Å². The third kappa shape index (κ3) is 8.74. The van der Waals surface area contributed by atoms with Crippen molar-refractivity contribution in [2.24, 2.45) is 0 Å². The molecular weight excluding hydrogens is 331 g/mol. The van der Waals surface area contributed by atoms with Crippen LogP contribution in [0.15, 0.2) is 18.2 Å². The third-order valence-corrected chi connectivity index (χ3v) is 3.52. The number of rotatable bonds is 9. The Labute approximate surface area is 146 Å². The first kappa shape index (κ1) is 23.1. The van der Waals surface area contributed by atoms with E-state index in [1.165, 1.54) is 0 Å². The zero-order valence-electron chi connectivity index (χ0n) is 13.0. The summed E-state index contributed by atoms with van der Waals surface area (Å²) in [5.74, 6) is 0.889. The van der Waals surface area contributed by atoms with Crippen molar-refractivity contribution in [1.29, 1.82) is 0 Å². The lowest BCUT2D eigenvalue weighted by Gasteiger charge is -2.17. The van der Waals surface area contributed by atoms with Gasteiger partial charge in [-0.25, -0.2) is 0 Å². The lowest BCUT2D eigenvalue weighted by molar-refractivity contribution is 0.298. The minimum Gasteiger partial charge on any atom is -0.496 e. The minimum atomic E-state index is 0. The lowest BCUT2D eigenvalue weighted by atomic mass is 10.2. The number of hydrogen-bond donors (Lipinski definition) is 1. The van der Waals surface area contributed by atoms with Gasteiger partial charge in [-0.2, -0.15) is 0 Å². The van der Waals surface area contributed by atoms with Gasteiger partial charge < -0.3 is 15.0 Å². The molecule has 0 atom stereocenters. The van der Waals surface area contributed by atoms with Crippen molar-refractivity contribution < 1.29 is 4.74 Å². The van der Waals surface area contributed by atoms with Crippen LogP contribution in [0.2, 0.25) is 5.02 Å². The summed E-state index contributed by atoms with van der Waals surface area (Å²) in [6.07, 6.45) is 1.16. The number of benzene rings is 1. The first-order chi connectivity index (χ1) is 9.21. The van der Waals surface area contributed by atoms with Crippen LogP contribution in [0, 0.1) is 0 Å². The Kier molecular flexibility index (Phi) is 14.8. The highest BCUT2D eigenvalue weighted by molar-refractivity contribution is 6.30. The summed E-state index contributed by atoms with van der Waals surface area (Å²) in [4.78, 5) is 2.43. The highest BCUT2D eigenvalue weighted by Gasteiger charge is 2.03. The SMILES string of the molecule is CCN(CC)CCCNCc1cc(Cl)ccc1OC.Cl.Cl. The average Bonchev–Trinajstić information content (AvgIpc) is 2.43. The van der Waals surface area contributed by atoms with Gasteiger partial charge in [0, 0.05) is 17.1 Å². The summed E-state index contributed by atoms with van der Waals surface area (Å²) in [7, 11) is 1.69. The van der Waals surface area contributed by atoms with E-state index in [2.05, 4.69) is 24.1 Å². The summed E-state index contributed by atoms with van der Waals surface area (Å²) >= 11 is 6.00. The molecule has 0 aliphatic rings. The van der Waals surface area contributed by atoms with Crippen molar-refractivity contribution >= 4 is 36.4 Å². The van der Waals surface area contributed by atoms with E-state index in [4.69, 9.17) is 16.3 Å². The molecule has 0 heterocycles. The largest absolute Gasteiger partial charge is 0.496 e. The zero-order chi connectivity index (χ0) is 14.1. The van der Waals surface area contributed by atoms with E-state index in [0.29, 0.717) is 0 Å². The Hall–Kier alpha value is -0.190. The van der Waals surface area contributed by atoms with Gasteiger partial charge in [-0.15, -0.1) is 24.8 Å². The number of halogens is 3. The maximum Gasteiger partial charge on any atom is 0.123 e. The van der Waals surface area contributed by atoms with E-state index >= 15 is 0 Å². The van der Waals surface area contributed by atoms with Crippen molar-refractivity contribution in [2.75, 3.05) is 33.3 Å². The van der Waals surface area contributed by atoms with Crippen molar-refractivity contribution in [2.45, 2.75) is 26.8 Å². The molecule has 0 spiro atoms. The van der Waals surface area contributed by atoms with E-state index in [-0.39, 0.29) is 24.8 Å². The molecule has 3 nitrogen and oxygen atoms in total. The van der Waals surface area contributed by atoms with Crippen molar-refractivity contribution in [3.05, 3.63) is 28.8 Å². The van der Waals surface area contributed by atoms with E-state index in [1.807, 2.05) is 18.2 Å². The molecule has 0 unspecified atom stereocenters. The van der Waals surface area contributed by atoms with Gasteiger partial charge in [0.2, 0.25) is 0 Å². The molecule has 1 aromatic carbocycles. The molecule has 0 fully saturated rings. The molecule has 6 heteroatoms. The second-order valence-electron chi connectivity index (χ2n) is 4.51. The Bertz CT molecular complexity index is 374. The number of hydrogen-bond acceptors (Lipinski definition) is 3. The number of nitrogens with one attached hydrogen (secondary N) is 1. The molecule has 1 N–H and O–H groups in total. The maximum atomic E-state index is 6.00. The Balaban J connectivity index is 0. The second-order valence-corrected chi connectivity index (χ2v) is 4.95. The van der Waals surface area contributed by atoms with Crippen LogP contribution < -0.4 is 10.1 Å². The van der Waals surface area contributed by atoms with Gasteiger partial charge in [-0.1, -0.05) is 25.4 Å². The molecule has 1 rings (SSSR count). The quantitative estimate of drug-likeness (QED) is 0.676. The fourth-order valence-corrected chi connectivity index (χ4v) is 2.27. The second kappa shape index (κ2) is 13.5. The zero-order valence-corrected chi connectivity index (χ0v) is 15.4. The molecule has 21 heavy (non-hydrogen) atoms. The number of methoxy groups -OCH3 is 1. The predicted octanol–water partition coefficient (Wildman–Crippen LogP) is 4.01. The van der Waals surface area contributed by atoms with Crippen molar-refractivity contribution in [1.82, 2.24) is 10.2 Å².